The second kappa shape index (κ2) is 11.1. The Balaban J connectivity index is 1.66. The molecule has 40 heavy (non-hydrogen) atoms. The van der Waals surface area contributed by atoms with Crippen molar-refractivity contribution in [1.82, 2.24) is 0 Å². The first-order valence-corrected chi connectivity index (χ1v) is 15.1. The minimum absolute atomic E-state index is 0.0700. The molecule has 1 aliphatic carbocycles. The standard InChI is InChI=1S/C33H31BrIN3O2/c1-19-13-21(18-40-25-11-5-22(34)6-12-25)20(2)26(14-19)30-27(17-36)32(37)38(24-9-7-23(35)8-10-24)28-15-33(3,4)16-29(39)31(28)30/h5-14,30H,15-16,18,37H2,1-4H3. The number of ether oxygens (including phenoxy) is 1. The summed E-state index contributed by atoms with van der Waals surface area (Å²) >= 11 is 5.73. The van der Waals surface area contributed by atoms with E-state index in [1.807, 2.05) is 67.3 Å². The minimum Gasteiger partial charge on any atom is -0.489 e. The van der Waals surface area contributed by atoms with Gasteiger partial charge in [0.2, 0.25) is 0 Å². The number of hydrogen-bond donors (Lipinski definition) is 1. The molecule has 3 aromatic rings. The van der Waals surface area contributed by atoms with E-state index >= 15 is 0 Å². The first-order valence-electron chi connectivity index (χ1n) is 13.2. The monoisotopic (exact) mass is 707 g/mol. The van der Waals surface area contributed by atoms with E-state index < -0.39 is 5.92 Å². The third kappa shape index (κ3) is 5.44. The number of aryl methyl sites for hydroxylation is 1. The molecular formula is C33H31BrIN3O2. The molecule has 0 aromatic heterocycles. The van der Waals surface area contributed by atoms with Crippen LogP contribution in [0.2, 0.25) is 0 Å². The second-order valence-corrected chi connectivity index (χ2v) is 13.5. The zero-order chi connectivity index (χ0) is 28.8. The van der Waals surface area contributed by atoms with Crippen LogP contribution in [-0.2, 0) is 11.4 Å². The number of nitriles is 1. The van der Waals surface area contributed by atoms with Crippen molar-refractivity contribution in [2.45, 2.75) is 53.1 Å². The summed E-state index contributed by atoms with van der Waals surface area (Å²) in [7, 11) is 0. The van der Waals surface area contributed by atoms with Gasteiger partial charge in [-0.25, -0.2) is 0 Å². The molecule has 0 fully saturated rings. The van der Waals surface area contributed by atoms with Crippen LogP contribution in [0.5, 0.6) is 5.75 Å². The van der Waals surface area contributed by atoms with Gasteiger partial charge in [-0.1, -0.05) is 47.5 Å². The maximum Gasteiger partial charge on any atom is 0.162 e. The molecule has 1 unspecified atom stereocenters. The Kier molecular flexibility index (Phi) is 7.86. The number of benzene rings is 3. The van der Waals surface area contributed by atoms with E-state index in [2.05, 4.69) is 70.6 Å². The molecule has 5 nitrogen and oxygen atoms in total. The molecule has 3 aromatic carbocycles. The molecule has 0 saturated carbocycles. The van der Waals surface area contributed by atoms with Gasteiger partial charge in [-0.15, -0.1) is 0 Å². The number of nitrogens with two attached hydrogens (primary N) is 1. The summed E-state index contributed by atoms with van der Waals surface area (Å²) in [4.78, 5) is 15.9. The van der Waals surface area contributed by atoms with Crippen LogP contribution in [0.15, 0.2) is 87.8 Å². The normalized spacial score (nSPS) is 18.5. The number of nitrogens with zero attached hydrogens (tertiary/aromatic N) is 2. The lowest BCUT2D eigenvalue weighted by molar-refractivity contribution is -0.118. The summed E-state index contributed by atoms with van der Waals surface area (Å²) in [5.74, 6) is 0.690. The van der Waals surface area contributed by atoms with Gasteiger partial charge in [-0.2, -0.15) is 5.26 Å². The lowest BCUT2D eigenvalue weighted by atomic mass is 9.68. The summed E-state index contributed by atoms with van der Waals surface area (Å²) in [6.45, 7) is 8.68. The van der Waals surface area contributed by atoms with E-state index in [0.717, 1.165) is 47.4 Å². The molecule has 1 heterocycles. The number of ketones is 1. The fourth-order valence-corrected chi connectivity index (χ4v) is 6.43. The van der Waals surface area contributed by atoms with E-state index in [9.17, 15) is 10.1 Å². The number of allylic oxidation sites excluding steroid dienone is 3. The van der Waals surface area contributed by atoms with E-state index in [-0.39, 0.29) is 11.2 Å². The highest BCUT2D eigenvalue weighted by Gasteiger charge is 2.45. The molecule has 0 radical (unpaired) electrons. The van der Waals surface area contributed by atoms with Gasteiger partial charge in [0.15, 0.2) is 5.78 Å². The van der Waals surface area contributed by atoms with Crippen LogP contribution in [0.1, 0.15) is 54.9 Å². The van der Waals surface area contributed by atoms with Gasteiger partial charge in [0.05, 0.1) is 17.6 Å². The number of rotatable bonds is 5. The average molecular weight is 708 g/mol. The molecule has 7 heteroatoms. The van der Waals surface area contributed by atoms with Crippen LogP contribution in [0, 0.1) is 34.2 Å². The van der Waals surface area contributed by atoms with E-state index in [1.54, 1.807) is 0 Å². The van der Waals surface area contributed by atoms with Crippen LogP contribution < -0.4 is 15.4 Å². The lowest BCUT2D eigenvalue weighted by Gasteiger charge is -2.44. The topological polar surface area (TPSA) is 79.3 Å². The second-order valence-electron chi connectivity index (χ2n) is 11.3. The molecule has 0 amide bonds. The SMILES string of the molecule is Cc1cc(COc2ccc(Br)cc2)c(C)c(C2C(C#N)=C(N)N(c3ccc(I)cc3)C3=C2C(=O)CC(C)(C)C3)c1. The molecule has 1 aliphatic heterocycles. The van der Waals surface area contributed by atoms with Crippen molar-refractivity contribution >= 4 is 50.0 Å². The lowest BCUT2D eigenvalue weighted by Crippen LogP contribution is -2.42. The Labute approximate surface area is 258 Å². The van der Waals surface area contributed by atoms with Gasteiger partial charge < -0.3 is 10.5 Å². The zero-order valence-corrected chi connectivity index (χ0v) is 26.8. The Hall–Kier alpha value is -3.09. The molecule has 2 aliphatic rings. The fourth-order valence-electron chi connectivity index (χ4n) is 5.81. The quantitative estimate of drug-likeness (QED) is 0.271. The van der Waals surface area contributed by atoms with Crippen LogP contribution in [0.25, 0.3) is 0 Å². The predicted octanol–water partition coefficient (Wildman–Crippen LogP) is 8.19. The Morgan fingerprint density at radius 1 is 1.10 bits per heavy atom. The molecule has 5 rings (SSSR count). The Bertz CT molecular complexity index is 1600. The van der Waals surface area contributed by atoms with E-state index in [1.165, 1.54) is 0 Å². The van der Waals surface area contributed by atoms with Crippen molar-refractivity contribution in [2.75, 3.05) is 4.90 Å². The fraction of sp³-hybridized carbons (Fsp3) is 0.273. The first kappa shape index (κ1) is 28.4. The Morgan fingerprint density at radius 2 is 1.77 bits per heavy atom. The number of Topliss-reactive ketones (excluding diaryl/α,β-unsaturated/α-hetero) is 1. The molecular weight excluding hydrogens is 677 g/mol. The predicted molar refractivity (Wildman–Crippen MR) is 171 cm³/mol. The summed E-state index contributed by atoms with van der Waals surface area (Å²) < 4.78 is 8.22. The van der Waals surface area contributed by atoms with Crippen LogP contribution in [-0.4, -0.2) is 5.78 Å². The van der Waals surface area contributed by atoms with Gasteiger partial charge in [-0.05, 0) is 113 Å². The number of carbonyl (C=O) groups excluding carboxylic acids is 1. The number of carbonyl (C=O) groups is 1. The Morgan fingerprint density at radius 3 is 2.42 bits per heavy atom. The summed E-state index contributed by atoms with van der Waals surface area (Å²) in [6, 6.07) is 22.4. The highest BCUT2D eigenvalue weighted by atomic mass is 127. The minimum atomic E-state index is -0.532. The largest absolute Gasteiger partial charge is 0.489 e. The highest BCUT2D eigenvalue weighted by molar-refractivity contribution is 14.1. The third-order valence-corrected chi connectivity index (χ3v) is 8.93. The van der Waals surface area contributed by atoms with Crippen molar-refractivity contribution in [3.05, 3.63) is 114 Å². The van der Waals surface area contributed by atoms with Gasteiger partial charge in [-0.3, -0.25) is 9.69 Å². The smallest absolute Gasteiger partial charge is 0.162 e. The van der Waals surface area contributed by atoms with Gasteiger partial charge in [0.1, 0.15) is 18.2 Å². The number of halogens is 2. The van der Waals surface area contributed by atoms with Crippen molar-refractivity contribution in [1.29, 1.82) is 5.26 Å². The van der Waals surface area contributed by atoms with E-state index in [4.69, 9.17) is 10.5 Å². The van der Waals surface area contributed by atoms with Crippen LogP contribution in [0.4, 0.5) is 5.69 Å². The van der Waals surface area contributed by atoms with Crippen molar-refractivity contribution < 1.29 is 9.53 Å². The van der Waals surface area contributed by atoms with Gasteiger partial charge in [0, 0.05) is 31.4 Å². The maximum absolute atomic E-state index is 14.0. The van der Waals surface area contributed by atoms with Crippen molar-refractivity contribution in [3.8, 4) is 11.8 Å². The maximum atomic E-state index is 14.0. The molecule has 0 bridgehead atoms. The number of hydrogen-bond acceptors (Lipinski definition) is 5. The van der Waals surface area contributed by atoms with Gasteiger partial charge >= 0.3 is 0 Å². The molecule has 204 valence electrons. The van der Waals surface area contributed by atoms with Crippen molar-refractivity contribution in [3.63, 3.8) is 0 Å². The summed E-state index contributed by atoms with van der Waals surface area (Å²) in [5.41, 5.74) is 13.4. The molecule has 0 saturated heterocycles. The number of anilines is 1. The average Bonchev–Trinajstić information content (AvgIpc) is 2.89. The third-order valence-electron chi connectivity index (χ3n) is 7.68. The molecule has 2 N–H and O–H groups in total. The van der Waals surface area contributed by atoms with Crippen LogP contribution in [0.3, 0.4) is 0 Å². The summed E-state index contributed by atoms with van der Waals surface area (Å²) in [6.07, 6.45) is 1.10. The van der Waals surface area contributed by atoms with Crippen LogP contribution >= 0.6 is 38.5 Å². The summed E-state index contributed by atoms with van der Waals surface area (Å²) in [5, 5.41) is 10.5. The first-order chi connectivity index (χ1) is 19.0. The van der Waals surface area contributed by atoms with E-state index in [0.29, 0.717) is 36.4 Å². The molecule has 1 atom stereocenters. The van der Waals surface area contributed by atoms with Gasteiger partial charge in [0.25, 0.3) is 0 Å². The molecule has 0 spiro atoms. The highest BCUT2D eigenvalue weighted by Crippen LogP contribution is 2.51. The zero-order valence-electron chi connectivity index (χ0n) is 23.0. The van der Waals surface area contributed by atoms with Crippen molar-refractivity contribution in [2.24, 2.45) is 11.1 Å².